The first-order valence-electron chi connectivity index (χ1n) is 7.29. The van der Waals surface area contributed by atoms with Crippen molar-refractivity contribution < 1.29 is 19.8 Å². The molecule has 1 heterocycles. The van der Waals surface area contributed by atoms with Gasteiger partial charge in [-0.05, 0) is 30.0 Å². The second-order valence-electron chi connectivity index (χ2n) is 5.14. The Balaban J connectivity index is 0.000000240. The van der Waals surface area contributed by atoms with Crippen molar-refractivity contribution in [3.8, 4) is 0 Å². The van der Waals surface area contributed by atoms with E-state index in [-0.39, 0.29) is 0 Å². The number of nitrogens with two attached hydrogens (primary N) is 2. The number of carbonyl (C=O) groups is 2. The van der Waals surface area contributed by atoms with Gasteiger partial charge in [-0.1, -0.05) is 36.4 Å². The van der Waals surface area contributed by atoms with Crippen molar-refractivity contribution in [2.24, 2.45) is 11.5 Å². The van der Waals surface area contributed by atoms with Gasteiger partial charge in [0.15, 0.2) is 0 Å². The van der Waals surface area contributed by atoms with Crippen molar-refractivity contribution in [2.45, 2.75) is 24.9 Å². The van der Waals surface area contributed by atoms with Gasteiger partial charge in [0.1, 0.15) is 12.1 Å². The molecule has 0 spiro atoms. The number of hydrogen-bond donors (Lipinski definition) is 4. The van der Waals surface area contributed by atoms with Gasteiger partial charge in [-0.25, -0.2) is 0 Å². The molecule has 0 radical (unpaired) electrons. The summed E-state index contributed by atoms with van der Waals surface area (Å²) in [7, 11) is 0. The van der Waals surface area contributed by atoms with E-state index >= 15 is 0 Å². The third-order valence-electron chi connectivity index (χ3n) is 3.11. The molecule has 6 N–H and O–H groups in total. The first kappa shape index (κ1) is 19.3. The van der Waals surface area contributed by atoms with E-state index in [2.05, 4.69) is 4.98 Å². The van der Waals surface area contributed by atoms with Crippen molar-refractivity contribution in [1.82, 2.24) is 4.98 Å². The highest BCUT2D eigenvalue weighted by molar-refractivity contribution is 5.73. The van der Waals surface area contributed by atoms with Crippen molar-refractivity contribution >= 4 is 11.9 Å². The van der Waals surface area contributed by atoms with Crippen LogP contribution in [0.15, 0.2) is 54.9 Å². The average Bonchev–Trinajstić information content (AvgIpc) is 2.57. The predicted octanol–water partition coefficient (Wildman–Crippen LogP) is 0.677. The minimum atomic E-state index is -0.987. The van der Waals surface area contributed by atoms with Gasteiger partial charge in [0.25, 0.3) is 0 Å². The van der Waals surface area contributed by atoms with E-state index in [1.54, 1.807) is 24.5 Å². The van der Waals surface area contributed by atoms with Gasteiger partial charge in [-0.3, -0.25) is 14.6 Å². The van der Waals surface area contributed by atoms with E-state index in [9.17, 15) is 9.59 Å². The molecule has 0 amide bonds. The molecule has 0 aliphatic rings. The number of aromatic nitrogens is 1. The van der Waals surface area contributed by atoms with Crippen LogP contribution in [0.4, 0.5) is 0 Å². The monoisotopic (exact) mass is 331 g/mol. The molecule has 1 aromatic carbocycles. The summed E-state index contributed by atoms with van der Waals surface area (Å²) in [6.07, 6.45) is 3.96. The Hall–Kier alpha value is -2.77. The molecular formula is C17H21N3O4. The van der Waals surface area contributed by atoms with E-state index < -0.39 is 24.0 Å². The quantitative estimate of drug-likeness (QED) is 0.610. The van der Waals surface area contributed by atoms with Gasteiger partial charge in [-0.2, -0.15) is 0 Å². The summed E-state index contributed by atoms with van der Waals surface area (Å²) in [6.45, 7) is 0. The molecule has 24 heavy (non-hydrogen) atoms. The van der Waals surface area contributed by atoms with Crippen molar-refractivity contribution in [1.29, 1.82) is 0 Å². The number of nitrogens with zero attached hydrogens (tertiary/aromatic N) is 1. The van der Waals surface area contributed by atoms with Crippen LogP contribution in [-0.4, -0.2) is 39.2 Å². The number of hydrogen-bond acceptors (Lipinski definition) is 5. The first-order valence-corrected chi connectivity index (χ1v) is 7.29. The first-order chi connectivity index (χ1) is 11.4. The summed E-state index contributed by atoms with van der Waals surface area (Å²) in [5.74, 6) is -1.95. The second-order valence-corrected chi connectivity index (χ2v) is 5.14. The fourth-order valence-electron chi connectivity index (χ4n) is 1.82. The number of benzene rings is 1. The van der Waals surface area contributed by atoms with Crippen LogP contribution in [0.5, 0.6) is 0 Å². The average molecular weight is 331 g/mol. The molecule has 1 aromatic heterocycles. The normalized spacial score (nSPS) is 12.4. The lowest BCUT2D eigenvalue weighted by atomic mass is 10.1. The van der Waals surface area contributed by atoms with Gasteiger partial charge in [-0.15, -0.1) is 0 Å². The van der Waals surface area contributed by atoms with Crippen LogP contribution in [0.3, 0.4) is 0 Å². The minimum absolute atomic E-state index is 0.323. The van der Waals surface area contributed by atoms with Crippen molar-refractivity contribution in [3.05, 3.63) is 66.0 Å². The summed E-state index contributed by atoms with van der Waals surface area (Å²) < 4.78 is 0. The highest BCUT2D eigenvalue weighted by Gasteiger charge is 2.11. The molecule has 0 aliphatic heterocycles. The Kier molecular flexibility index (Phi) is 8.10. The Bertz CT molecular complexity index is 577. The Morgan fingerprint density at radius 1 is 0.875 bits per heavy atom. The molecular weight excluding hydrogens is 310 g/mol. The van der Waals surface area contributed by atoms with Gasteiger partial charge >= 0.3 is 11.9 Å². The van der Waals surface area contributed by atoms with Crippen LogP contribution in [-0.2, 0) is 22.4 Å². The Labute approximate surface area is 139 Å². The predicted molar refractivity (Wildman–Crippen MR) is 89.3 cm³/mol. The molecule has 7 heteroatoms. The fraction of sp³-hybridized carbons (Fsp3) is 0.235. The molecule has 0 saturated heterocycles. The topological polar surface area (TPSA) is 140 Å². The second kappa shape index (κ2) is 10.1. The smallest absolute Gasteiger partial charge is 0.320 e. The molecule has 0 saturated carbocycles. The van der Waals surface area contributed by atoms with Crippen LogP contribution in [0, 0.1) is 0 Å². The Morgan fingerprint density at radius 3 is 1.83 bits per heavy atom. The lowest BCUT2D eigenvalue weighted by molar-refractivity contribution is -0.139. The highest BCUT2D eigenvalue weighted by atomic mass is 16.4. The standard InChI is InChI=1S/C9H11NO2.C8H10N2O2/c10-8(9(11)12)6-7-4-2-1-3-5-7;9-7(8(11)12)4-6-2-1-3-10-5-6/h1-5,8H,6,10H2,(H,11,12);1-3,5,7H,4,9H2,(H,11,12). The zero-order valence-corrected chi connectivity index (χ0v) is 13.1. The fourth-order valence-corrected chi connectivity index (χ4v) is 1.82. The minimum Gasteiger partial charge on any atom is -0.480 e. The number of rotatable bonds is 6. The van der Waals surface area contributed by atoms with E-state index in [4.69, 9.17) is 21.7 Å². The van der Waals surface area contributed by atoms with Gasteiger partial charge in [0, 0.05) is 12.4 Å². The van der Waals surface area contributed by atoms with Gasteiger partial charge < -0.3 is 21.7 Å². The van der Waals surface area contributed by atoms with Crippen molar-refractivity contribution in [2.75, 3.05) is 0 Å². The van der Waals surface area contributed by atoms with E-state index in [0.29, 0.717) is 12.8 Å². The lowest BCUT2D eigenvalue weighted by Crippen LogP contribution is -2.32. The zero-order valence-electron chi connectivity index (χ0n) is 13.1. The number of carboxylic acids is 2. The summed E-state index contributed by atoms with van der Waals surface area (Å²) in [6, 6.07) is 11.3. The molecule has 2 atom stereocenters. The summed E-state index contributed by atoms with van der Waals surface area (Å²) in [5.41, 5.74) is 12.5. The van der Waals surface area contributed by atoms with Gasteiger partial charge in [0.2, 0.25) is 0 Å². The summed E-state index contributed by atoms with van der Waals surface area (Å²) in [5, 5.41) is 17.0. The van der Waals surface area contributed by atoms with E-state index in [1.807, 2.05) is 30.3 Å². The number of carboxylic acid groups (broad SMARTS) is 2. The third kappa shape index (κ3) is 7.48. The van der Waals surface area contributed by atoms with Crippen LogP contribution in [0.1, 0.15) is 11.1 Å². The van der Waals surface area contributed by atoms with Gasteiger partial charge in [0.05, 0.1) is 0 Å². The zero-order chi connectivity index (χ0) is 17.9. The Morgan fingerprint density at radius 2 is 1.38 bits per heavy atom. The molecule has 0 aliphatic carbocycles. The number of aliphatic carboxylic acids is 2. The van der Waals surface area contributed by atoms with Crippen LogP contribution in [0.25, 0.3) is 0 Å². The number of pyridine rings is 1. The maximum Gasteiger partial charge on any atom is 0.320 e. The van der Waals surface area contributed by atoms with Crippen LogP contribution >= 0.6 is 0 Å². The SMILES string of the molecule is NC(Cc1ccccc1)C(=O)O.NC(Cc1cccnc1)C(=O)O. The summed E-state index contributed by atoms with van der Waals surface area (Å²) >= 11 is 0. The van der Waals surface area contributed by atoms with Crippen LogP contribution < -0.4 is 11.5 Å². The maximum atomic E-state index is 10.4. The highest BCUT2D eigenvalue weighted by Crippen LogP contribution is 2.01. The molecule has 7 nitrogen and oxygen atoms in total. The van der Waals surface area contributed by atoms with Crippen molar-refractivity contribution in [3.63, 3.8) is 0 Å². The van der Waals surface area contributed by atoms with E-state index in [0.717, 1.165) is 11.1 Å². The van der Waals surface area contributed by atoms with E-state index in [1.165, 1.54) is 0 Å². The molecule has 128 valence electrons. The molecule has 2 rings (SSSR count). The lowest BCUT2D eigenvalue weighted by Gasteiger charge is -2.04. The largest absolute Gasteiger partial charge is 0.480 e. The molecule has 2 unspecified atom stereocenters. The van der Waals surface area contributed by atoms with Crippen LogP contribution in [0.2, 0.25) is 0 Å². The maximum absolute atomic E-state index is 10.4. The molecule has 2 aromatic rings. The molecule has 0 bridgehead atoms. The third-order valence-corrected chi connectivity index (χ3v) is 3.11. The molecule has 0 fully saturated rings. The summed E-state index contributed by atoms with van der Waals surface area (Å²) in [4.78, 5) is 24.6.